The van der Waals surface area contributed by atoms with Gasteiger partial charge in [0.2, 0.25) is 0 Å². The molecule has 0 bridgehead atoms. The van der Waals surface area contributed by atoms with Crippen LogP contribution in [0.4, 0.5) is 4.39 Å². The lowest BCUT2D eigenvalue weighted by molar-refractivity contribution is 0.624. The molecule has 0 aliphatic rings. The van der Waals surface area contributed by atoms with Gasteiger partial charge in [0.25, 0.3) is 0 Å². The zero-order chi connectivity index (χ0) is 13.2. The zero-order valence-electron chi connectivity index (χ0n) is 9.97. The molecule has 3 aromatic rings. The van der Waals surface area contributed by atoms with Crippen LogP contribution in [0.1, 0.15) is 5.56 Å². The van der Waals surface area contributed by atoms with Gasteiger partial charge >= 0.3 is 0 Å². The topological polar surface area (TPSA) is 36.7 Å². The van der Waals surface area contributed by atoms with Gasteiger partial charge in [-0.2, -0.15) is 5.26 Å². The van der Waals surface area contributed by atoms with Crippen molar-refractivity contribution < 1.29 is 4.39 Å². The number of benzene rings is 2. The maximum Gasteiger partial charge on any atom is 0.141 e. The van der Waals surface area contributed by atoms with E-state index in [0.29, 0.717) is 0 Å². The number of nitriles is 1. The first kappa shape index (κ1) is 11.4. The van der Waals surface area contributed by atoms with Crippen molar-refractivity contribution in [3.8, 4) is 17.2 Å². The van der Waals surface area contributed by atoms with E-state index >= 15 is 0 Å². The maximum atomic E-state index is 13.7. The predicted molar refractivity (Wildman–Crippen MR) is 71.9 cm³/mol. The molecule has 0 spiro atoms. The van der Waals surface area contributed by atoms with Crippen LogP contribution in [0.15, 0.2) is 54.9 Å². The van der Waals surface area contributed by atoms with E-state index in [9.17, 15) is 4.39 Å². The molecule has 3 rings (SSSR count). The van der Waals surface area contributed by atoms with Crippen LogP contribution in [0.5, 0.6) is 0 Å². The molecule has 0 N–H and O–H groups in total. The summed E-state index contributed by atoms with van der Waals surface area (Å²) < 4.78 is 13.7. The Labute approximate surface area is 109 Å². The predicted octanol–water partition coefficient (Wildman–Crippen LogP) is 3.91. The summed E-state index contributed by atoms with van der Waals surface area (Å²) in [5.41, 5.74) is 1.64. The quantitative estimate of drug-likeness (QED) is 0.654. The lowest BCUT2D eigenvalue weighted by Crippen LogP contribution is -1.88. The standard InChI is InChI=1S/C16H9FN2/c17-16-7-11(5-6-12(16)8-18)15-10-19-9-13-3-1-2-4-14(13)15/h1-7,9-10H. The number of fused-ring (bicyclic) bond motifs is 1. The van der Waals surface area contributed by atoms with Gasteiger partial charge in [0.05, 0.1) is 5.56 Å². The monoisotopic (exact) mass is 248 g/mol. The van der Waals surface area contributed by atoms with E-state index in [-0.39, 0.29) is 5.56 Å². The van der Waals surface area contributed by atoms with Gasteiger partial charge in [-0.25, -0.2) is 4.39 Å². The second kappa shape index (κ2) is 4.51. The summed E-state index contributed by atoms with van der Waals surface area (Å²) in [5, 5.41) is 10.8. The molecule has 0 atom stereocenters. The molecular formula is C16H9FN2. The fraction of sp³-hybridized carbons (Fsp3) is 0. The van der Waals surface area contributed by atoms with Crippen molar-refractivity contribution in [3.63, 3.8) is 0 Å². The Balaban J connectivity index is 2.25. The Morgan fingerprint density at radius 1 is 1.05 bits per heavy atom. The third kappa shape index (κ3) is 1.94. The van der Waals surface area contributed by atoms with Crippen LogP contribution < -0.4 is 0 Å². The fourth-order valence-corrected chi connectivity index (χ4v) is 2.12. The normalized spacial score (nSPS) is 10.3. The largest absolute Gasteiger partial charge is 0.263 e. The number of halogens is 1. The van der Waals surface area contributed by atoms with Gasteiger partial charge < -0.3 is 0 Å². The van der Waals surface area contributed by atoms with E-state index in [1.807, 2.05) is 30.3 Å². The van der Waals surface area contributed by atoms with Gasteiger partial charge in [0, 0.05) is 23.3 Å². The van der Waals surface area contributed by atoms with Crippen molar-refractivity contribution in [2.75, 3.05) is 0 Å². The molecule has 90 valence electrons. The minimum Gasteiger partial charge on any atom is -0.263 e. The van der Waals surface area contributed by atoms with Gasteiger partial charge in [-0.1, -0.05) is 30.3 Å². The Kier molecular flexibility index (Phi) is 2.70. The molecule has 19 heavy (non-hydrogen) atoms. The Morgan fingerprint density at radius 3 is 2.68 bits per heavy atom. The van der Waals surface area contributed by atoms with Crippen LogP contribution in [0, 0.1) is 17.1 Å². The molecule has 1 heterocycles. The van der Waals surface area contributed by atoms with Gasteiger partial charge in [-0.15, -0.1) is 0 Å². The van der Waals surface area contributed by atoms with Crippen LogP contribution in [0.2, 0.25) is 0 Å². The van der Waals surface area contributed by atoms with E-state index in [4.69, 9.17) is 5.26 Å². The third-order valence-electron chi connectivity index (χ3n) is 3.07. The Bertz CT molecular complexity index is 798. The van der Waals surface area contributed by atoms with E-state index in [1.54, 1.807) is 18.5 Å². The Morgan fingerprint density at radius 2 is 1.89 bits per heavy atom. The lowest BCUT2D eigenvalue weighted by Gasteiger charge is -2.06. The number of rotatable bonds is 1. The molecule has 2 nitrogen and oxygen atoms in total. The van der Waals surface area contributed by atoms with E-state index in [1.165, 1.54) is 12.1 Å². The summed E-state index contributed by atoms with van der Waals surface area (Å²) in [6, 6.07) is 14.2. The van der Waals surface area contributed by atoms with Gasteiger partial charge in [0.1, 0.15) is 11.9 Å². The number of nitrogens with zero attached hydrogens (tertiary/aromatic N) is 2. The molecule has 2 aromatic carbocycles. The third-order valence-corrected chi connectivity index (χ3v) is 3.07. The van der Waals surface area contributed by atoms with E-state index in [0.717, 1.165) is 21.9 Å². The summed E-state index contributed by atoms with van der Waals surface area (Å²) in [5.74, 6) is -0.507. The Hall–Kier alpha value is -2.73. The molecular weight excluding hydrogens is 239 g/mol. The number of hydrogen-bond donors (Lipinski definition) is 0. The SMILES string of the molecule is N#Cc1ccc(-c2cncc3ccccc23)cc1F. The van der Waals surface area contributed by atoms with Crippen LogP contribution >= 0.6 is 0 Å². The molecule has 3 heteroatoms. The molecule has 0 aliphatic carbocycles. The highest BCUT2D eigenvalue weighted by atomic mass is 19.1. The average molecular weight is 248 g/mol. The van der Waals surface area contributed by atoms with Crippen molar-refractivity contribution in [2.45, 2.75) is 0 Å². The summed E-state index contributed by atoms with van der Waals surface area (Å²) in [4.78, 5) is 4.17. The van der Waals surface area contributed by atoms with Crippen molar-refractivity contribution in [1.82, 2.24) is 4.98 Å². The highest BCUT2D eigenvalue weighted by Gasteiger charge is 2.07. The lowest BCUT2D eigenvalue weighted by atomic mass is 10.00. The van der Waals surface area contributed by atoms with Crippen LogP contribution in [-0.4, -0.2) is 4.98 Å². The van der Waals surface area contributed by atoms with Gasteiger partial charge in [-0.05, 0) is 23.1 Å². The maximum absolute atomic E-state index is 13.7. The summed E-state index contributed by atoms with van der Waals surface area (Å²) in [6.07, 6.45) is 3.49. The highest BCUT2D eigenvalue weighted by Crippen LogP contribution is 2.28. The first-order valence-electron chi connectivity index (χ1n) is 5.82. The van der Waals surface area contributed by atoms with Crippen molar-refractivity contribution in [2.24, 2.45) is 0 Å². The van der Waals surface area contributed by atoms with Crippen LogP contribution in [-0.2, 0) is 0 Å². The van der Waals surface area contributed by atoms with Crippen molar-refractivity contribution >= 4 is 10.8 Å². The number of pyridine rings is 1. The molecule has 0 radical (unpaired) electrons. The van der Waals surface area contributed by atoms with E-state index in [2.05, 4.69) is 4.98 Å². The number of aromatic nitrogens is 1. The van der Waals surface area contributed by atoms with Crippen molar-refractivity contribution in [3.05, 3.63) is 66.2 Å². The highest BCUT2D eigenvalue weighted by molar-refractivity contribution is 5.95. The second-order valence-electron chi connectivity index (χ2n) is 4.21. The van der Waals surface area contributed by atoms with Crippen molar-refractivity contribution in [1.29, 1.82) is 5.26 Å². The molecule has 1 aromatic heterocycles. The summed E-state index contributed by atoms with van der Waals surface area (Å²) >= 11 is 0. The molecule has 0 saturated heterocycles. The first-order chi connectivity index (χ1) is 9.29. The van der Waals surface area contributed by atoms with Gasteiger partial charge in [0.15, 0.2) is 0 Å². The molecule has 0 unspecified atom stereocenters. The van der Waals surface area contributed by atoms with E-state index < -0.39 is 5.82 Å². The molecule has 0 aliphatic heterocycles. The fourth-order valence-electron chi connectivity index (χ4n) is 2.12. The molecule has 0 amide bonds. The second-order valence-corrected chi connectivity index (χ2v) is 4.21. The molecule has 0 fully saturated rings. The van der Waals surface area contributed by atoms with Crippen LogP contribution in [0.25, 0.3) is 21.9 Å². The first-order valence-corrected chi connectivity index (χ1v) is 5.82. The average Bonchev–Trinajstić information content (AvgIpc) is 2.46. The summed E-state index contributed by atoms with van der Waals surface area (Å²) in [6.45, 7) is 0. The minimum absolute atomic E-state index is 0.0527. The minimum atomic E-state index is -0.507. The zero-order valence-corrected chi connectivity index (χ0v) is 9.97. The molecule has 0 saturated carbocycles. The van der Waals surface area contributed by atoms with Crippen LogP contribution in [0.3, 0.4) is 0 Å². The summed E-state index contributed by atoms with van der Waals surface area (Å²) in [7, 11) is 0. The van der Waals surface area contributed by atoms with Gasteiger partial charge in [-0.3, -0.25) is 4.98 Å². The number of hydrogen-bond acceptors (Lipinski definition) is 2. The smallest absolute Gasteiger partial charge is 0.141 e.